The molecule has 0 fully saturated rings. The van der Waals surface area contributed by atoms with E-state index in [1.807, 2.05) is 0 Å². The van der Waals surface area contributed by atoms with Gasteiger partial charge in [-0.25, -0.2) is 4.57 Å². The molecule has 0 spiro atoms. The normalized spacial score (nSPS) is 12.5. The Morgan fingerprint density at radius 1 is 1.33 bits per heavy atom. The Morgan fingerprint density at radius 2 is 2.00 bits per heavy atom. The molecule has 1 atom stereocenters. The summed E-state index contributed by atoms with van der Waals surface area (Å²) in [6.45, 7) is 4.23. The maximum atomic E-state index is 10.1. The predicted octanol–water partition coefficient (Wildman–Crippen LogP) is 2.92. The summed E-state index contributed by atoms with van der Waals surface area (Å²) in [6, 6.07) is 0. The van der Waals surface area contributed by atoms with Crippen LogP contribution in [0.1, 0.15) is 46.0 Å². The summed E-state index contributed by atoms with van der Waals surface area (Å²) in [6.07, 6.45) is 5.85. The van der Waals surface area contributed by atoms with Gasteiger partial charge in [0.25, 0.3) is 0 Å². The summed E-state index contributed by atoms with van der Waals surface area (Å²) < 4.78 is 15.0. The third-order valence-corrected chi connectivity index (χ3v) is 2.16. The third kappa shape index (κ3) is 9.15. The van der Waals surface area contributed by atoms with Gasteiger partial charge in [0, 0.05) is 0 Å². The minimum absolute atomic E-state index is 0. The average molecular weight is 200 g/mol. The van der Waals surface area contributed by atoms with E-state index >= 15 is 0 Å². The van der Waals surface area contributed by atoms with Crippen LogP contribution in [0.15, 0.2) is 0 Å². The van der Waals surface area contributed by atoms with Crippen LogP contribution in [-0.4, -0.2) is 35.7 Å². The fraction of sp³-hybridized carbons (Fsp3) is 1.00. The standard InChI is InChI=1S/C8H17O2P.Na.H/c1-3-5-6-7-8(4-2)10-11-9;;/h8H,3-7H2,1-2H3;;. The van der Waals surface area contributed by atoms with Gasteiger partial charge in [0.15, 0.2) is 0 Å². The molecule has 0 rings (SSSR count). The van der Waals surface area contributed by atoms with Crippen molar-refractivity contribution in [3.05, 3.63) is 0 Å². The van der Waals surface area contributed by atoms with Gasteiger partial charge >= 0.3 is 38.2 Å². The number of rotatable bonds is 7. The van der Waals surface area contributed by atoms with Gasteiger partial charge in [-0.2, -0.15) is 0 Å². The molecule has 12 heavy (non-hydrogen) atoms. The van der Waals surface area contributed by atoms with E-state index in [9.17, 15) is 4.57 Å². The molecule has 0 aliphatic carbocycles. The summed E-state index contributed by atoms with van der Waals surface area (Å²) >= 11 is 0. The summed E-state index contributed by atoms with van der Waals surface area (Å²) in [4.78, 5) is 0. The number of unbranched alkanes of at least 4 members (excludes halogenated alkanes) is 2. The average Bonchev–Trinajstić information content (AvgIpc) is 2.03. The Labute approximate surface area is 99.0 Å². The predicted molar refractivity (Wildman–Crippen MR) is 54.1 cm³/mol. The third-order valence-electron chi connectivity index (χ3n) is 1.78. The molecule has 1 unspecified atom stereocenters. The van der Waals surface area contributed by atoms with Gasteiger partial charge < -0.3 is 0 Å². The molecule has 0 aromatic heterocycles. The maximum absolute atomic E-state index is 10.1. The van der Waals surface area contributed by atoms with E-state index in [0.717, 1.165) is 12.8 Å². The molecule has 0 aliphatic rings. The first-order chi connectivity index (χ1) is 5.35. The molecule has 4 heteroatoms. The fourth-order valence-corrected chi connectivity index (χ4v) is 1.39. The first-order valence-corrected chi connectivity index (χ1v) is 5.06. The van der Waals surface area contributed by atoms with Gasteiger partial charge in [-0.1, -0.05) is 33.1 Å². The Balaban J connectivity index is 0. The molecule has 0 aromatic rings. The molecule has 0 aromatic carbocycles. The van der Waals surface area contributed by atoms with Gasteiger partial charge in [0.05, 0.1) is 6.10 Å². The second-order valence-corrected chi connectivity index (χ2v) is 3.07. The van der Waals surface area contributed by atoms with Crippen molar-refractivity contribution in [3.8, 4) is 0 Å². The number of hydrogen-bond donors (Lipinski definition) is 0. The zero-order valence-corrected chi connectivity index (χ0v) is 8.27. The Hall–Kier alpha value is 1.06. The minimum atomic E-state index is -0.175. The van der Waals surface area contributed by atoms with E-state index < -0.39 is 0 Å². The van der Waals surface area contributed by atoms with Crippen LogP contribution >= 0.6 is 8.69 Å². The van der Waals surface area contributed by atoms with E-state index in [4.69, 9.17) is 4.52 Å². The van der Waals surface area contributed by atoms with Crippen LogP contribution in [0.25, 0.3) is 0 Å². The van der Waals surface area contributed by atoms with Crippen LogP contribution in [0.2, 0.25) is 0 Å². The Morgan fingerprint density at radius 3 is 2.42 bits per heavy atom. The van der Waals surface area contributed by atoms with Crippen molar-refractivity contribution in [1.29, 1.82) is 0 Å². The monoisotopic (exact) mass is 200 g/mol. The van der Waals surface area contributed by atoms with Gasteiger partial charge in [-0.15, -0.1) is 0 Å². The summed E-state index contributed by atoms with van der Waals surface area (Å²) in [7, 11) is -0.175. The van der Waals surface area contributed by atoms with Crippen molar-refractivity contribution in [1.82, 2.24) is 0 Å². The molecule has 2 nitrogen and oxygen atoms in total. The van der Waals surface area contributed by atoms with Gasteiger partial charge in [-0.05, 0) is 12.8 Å². The van der Waals surface area contributed by atoms with Crippen molar-refractivity contribution < 1.29 is 9.09 Å². The second kappa shape index (κ2) is 12.1. The van der Waals surface area contributed by atoms with Crippen molar-refractivity contribution >= 4 is 38.2 Å². The van der Waals surface area contributed by atoms with E-state index in [-0.39, 0.29) is 44.3 Å². The molecule has 0 amide bonds. The molecule has 0 N–H and O–H groups in total. The SMILES string of the molecule is CCCCCC(CC)OP=O.[NaH]. The van der Waals surface area contributed by atoms with E-state index in [0.29, 0.717) is 0 Å². The van der Waals surface area contributed by atoms with Crippen LogP contribution in [0, 0.1) is 0 Å². The molecule has 0 heterocycles. The molecule has 68 valence electrons. The molecule has 0 aliphatic heterocycles. The van der Waals surface area contributed by atoms with Crippen LogP contribution in [0.5, 0.6) is 0 Å². The quantitative estimate of drug-likeness (QED) is 0.359. The van der Waals surface area contributed by atoms with Gasteiger partial charge in [-0.3, -0.25) is 4.52 Å². The zero-order chi connectivity index (χ0) is 8.53. The van der Waals surface area contributed by atoms with Crippen LogP contribution in [-0.2, 0) is 9.09 Å². The zero-order valence-electron chi connectivity index (χ0n) is 7.38. The first-order valence-electron chi connectivity index (χ1n) is 4.33. The van der Waals surface area contributed by atoms with Crippen LogP contribution in [0.4, 0.5) is 0 Å². The van der Waals surface area contributed by atoms with Crippen LogP contribution < -0.4 is 0 Å². The van der Waals surface area contributed by atoms with E-state index in [2.05, 4.69) is 13.8 Å². The fourth-order valence-electron chi connectivity index (χ4n) is 1.01. The Bertz CT molecular complexity index is 101. The van der Waals surface area contributed by atoms with Crippen molar-refractivity contribution in [2.75, 3.05) is 0 Å². The second-order valence-electron chi connectivity index (χ2n) is 2.71. The van der Waals surface area contributed by atoms with Crippen molar-refractivity contribution in [2.24, 2.45) is 0 Å². The van der Waals surface area contributed by atoms with Gasteiger partial charge in [0.1, 0.15) is 0 Å². The number of hydrogen-bond acceptors (Lipinski definition) is 2. The van der Waals surface area contributed by atoms with Gasteiger partial charge in [0.2, 0.25) is 0 Å². The van der Waals surface area contributed by atoms with Crippen LogP contribution in [0.3, 0.4) is 0 Å². The molecular formula is C8H18NaO2P. The van der Waals surface area contributed by atoms with Crippen molar-refractivity contribution in [3.63, 3.8) is 0 Å². The van der Waals surface area contributed by atoms with E-state index in [1.54, 1.807) is 0 Å². The first kappa shape index (κ1) is 15.5. The Kier molecular flexibility index (Phi) is 15.6. The topological polar surface area (TPSA) is 26.3 Å². The van der Waals surface area contributed by atoms with Crippen molar-refractivity contribution in [2.45, 2.75) is 52.1 Å². The summed E-state index contributed by atoms with van der Waals surface area (Å²) in [5.74, 6) is 0. The molecular weight excluding hydrogens is 182 g/mol. The molecule has 0 saturated carbocycles. The molecule has 0 bridgehead atoms. The molecule has 0 saturated heterocycles. The molecule has 0 radical (unpaired) electrons. The summed E-state index contributed by atoms with van der Waals surface area (Å²) in [5, 5.41) is 0. The van der Waals surface area contributed by atoms with E-state index in [1.165, 1.54) is 19.3 Å². The summed E-state index contributed by atoms with van der Waals surface area (Å²) in [5.41, 5.74) is 0.